The van der Waals surface area contributed by atoms with E-state index < -0.39 is 21.9 Å². The number of amides is 1. The first-order chi connectivity index (χ1) is 9.80. The number of nitrogens with two attached hydrogens (primary N) is 1. The van der Waals surface area contributed by atoms with Crippen molar-refractivity contribution in [3.8, 4) is 0 Å². The highest BCUT2D eigenvalue weighted by atomic mass is 32.2. The second-order valence-electron chi connectivity index (χ2n) is 4.58. The third-order valence-electron chi connectivity index (χ3n) is 2.70. The number of carboxylic acid groups (broad SMARTS) is 1. The fourth-order valence-electron chi connectivity index (χ4n) is 1.72. The number of carbonyl (C=O) groups is 2. The lowest BCUT2D eigenvalue weighted by molar-refractivity contribution is -0.118. The van der Waals surface area contributed by atoms with E-state index in [0.717, 1.165) is 0 Å². The zero-order valence-electron chi connectivity index (χ0n) is 11.4. The molecule has 0 atom stereocenters. The smallest absolute Gasteiger partial charge is 0.335 e. The molecule has 21 heavy (non-hydrogen) atoms. The maximum Gasteiger partial charge on any atom is 0.335 e. The molecule has 0 spiro atoms. The summed E-state index contributed by atoms with van der Waals surface area (Å²) < 4.78 is 26.1. The van der Waals surface area contributed by atoms with Crippen LogP contribution >= 0.6 is 0 Å². The summed E-state index contributed by atoms with van der Waals surface area (Å²) in [5.74, 6) is -1.80. The van der Waals surface area contributed by atoms with Crippen molar-refractivity contribution in [1.82, 2.24) is 4.72 Å². The molecule has 0 bridgehead atoms. The Hall–Kier alpha value is -1.93. The van der Waals surface area contributed by atoms with Gasteiger partial charge in [0.05, 0.1) is 11.3 Å². The number of hydrogen-bond donors (Lipinski definition) is 3. The van der Waals surface area contributed by atoms with Crippen LogP contribution in [0.3, 0.4) is 0 Å². The molecule has 116 valence electrons. The van der Waals surface area contributed by atoms with Gasteiger partial charge in [0.1, 0.15) is 0 Å². The van der Waals surface area contributed by atoms with Crippen LogP contribution in [0.15, 0.2) is 24.3 Å². The molecule has 1 aromatic carbocycles. The van der Waals surface area contributed by atoms with Crippen molar-refractivity contribution in [2.45, 2.75) is 25.0 Å². The van der Waals surface area contributed by atoms with Crippen LogP contribution in [0.2, 0.25) is 0 Å². The van der Waals surface area contributed by atoms with Gasteiger partial charge in [0.25, 0.3) is 0 Å². The van der Waals surface area contributed by atoms with Crippen LogP contribution in [0.25, 0.3) is 0 Å². The fraction of sp³-hybridized carbons (Fsp3) is 0.385. The summed E-state index contributed by atoms with van der Waals surface area (Å²) in [4.78, 5) is 21.3. The summed E-state index contributed by atoms with van der Waals surface area (Å²) in [5, 5.41) is 8.85. The molecule has 0 heterocycles. The molecule has 7 nitrogen and oxygen atoms in total. The molecular weight excluding hydrogens is 296 g/mol. The number of hydrogen-bond acceptors (Lipinski definition) is 4. The molecule has 0 radical (unpaired) electrons. The van der Waals surface area contributed by atoms with E-state index in [-0.39, 0.29) is 24.3 Å². The van der Waals surface area contributed by atoms with Crippen LogP contribution in [0.1, 0.15) is 35.2 Å². The third-order valence-corrected chi connectivity index (χ3v) is 4.06. The number of carboxylic acids is 1. The van der Waals surface area contributed by atoms with Gasteiger partial charge in [0.2, 0.25) is 15.9 Å². The Balaban J connectivity index is 2.50. The molecule has 1 amide bonds. The average Bonchev–Trinajstić information content (AvgIpc) is 2.37. The van der Waals surface area contributed by atoms with E-state index in [1.165, 1.54) is 18.2 Å². The number of sulfonamides is 1. The topological polar surface area (TPSA) is 127 Å². The van der Waals surface area contributed by atoms with Gasteiger partial charge < -0.3 is 10.8 Å². The maximum absolute atomic E-state index is 11.8. The number of carbonyl (C=O) groups excluding carboxylic acids is 1. The van der Waals surface area contributed by atoms with Crippen LogP contribution in [-0.4, -0.2) is 31.9 Å². The SMILES string of the molecule is NC(=O)CCCCNS(=O)(=O)Cc1cccc(C(=O)O)c1. The summed E-state index contributed by atoms with van der Waals surface area (Å²) in [6, 6.07) is 5.78. The molecule has 0 aromatic heterocycles. The molecule has 0 fully saturated rings. The van der Waals surface area contributed by atoms with Crippen LogP contribution in [0.4, 0.5) is 0 Å². The van der Waals surface area contributed by atoms with Gasteiger partial charge in [-0.1, -0.05) is 12.1 Å². The van der Waals surface area contributed by atoms with Crippen molar-refractivity contribution < 1.29 is 23.1 Å². The van der Waals surface area contributed by atoms with Gasteiger partial charge in [-0.3, -0.25) is 4.79 Å². The van der Waals surface area contributed by atoms with Crippen molar-refractivity contribution in [1.29, 1.82) is 0 Å². The van der Waals surface area contributed by atoms with Crippen molar-refractivity contribution in [2.24, 2.45) is 5.73 Å². The van der Waals surface area contributed by atoms with E-state index in [4.69, 9.17) is 10.8 Å². The van der Waals surface area contributed by atoms with Crippen molar-refractivity contribution in [3.05, 3.63) is 35.4 Å². The normalized spacial score (nSPS) is 11.2. The van der Waals surface area contributed by atoms with Crippen LogP contribution < -0.4 is 10.5 Å². The minimum atomic E-state index is -3.54. The number of unbranched alkanes of at least 4 members (excludes halogenated alkanes) is 1. The lowest BCUT2D eigenvalue weighted by Gasteiger charge is -2.07. The van der Waals surface area contributed by atoms with Gasteiger partial charge in [-0.25, -0.2) is 17.9 Å². The molecule has 0 unspecified atom stereocenters. The lowest BCUT2D eigenvalue weighted by Crippen LogP contribution is -2.26. The highest BCUT2D eigenvalue weighted by Gasteiger charge is 2.12. The summed E-state index contributed by atoms with van der Waals surface area (Å²) in [5.41, 5.74) is 5.42. The molecule has 0 saturated carbocycles. The minimum Gasteiger partial charge on any atom is -0.478 e. The van der Waals surface area contributed by atoms with Crippen LogP contribution in [0.5, 0.6) is 0 Å². The van der Waals surface area contributed by atoms with Gasteiger partial charge >= 0.3 is 5.97 Å². The average molecular weight is 314 g/mol. The van der Waals surface area contributed by atoms with E-state index in [2.05, 4.69) is 4.72 Å². The Morgan fingerprint density at radius 1 is 1.24 bits per heavy atom. The highest BCUT2D eigenvalue weighted by Crippen LogP contribution is 2.09. The largest absolute Gasteiger partial charge is 0.478 e. The zero-order valence-corrected chi connectivity index (χ0v) is 12.2. The first-order valence-electron chi connectivity index (χ1n) is 6.38. The van der Waals surface area contributed by atoms with E-state index >= 15 is 0 Å². The Kier molecular flexibility index (Phi) is 6.32. The van der Waals surface area contributed by atoms with E-state index in [0.29, 0.717) is 18.4 Å². The molecule has 4 N–H and O–H groups in total. The van der Waals surface area contributed by atoms with Crippen molar-refractivity contribution in [2.75, 3.05) is 6.54 Å². The minimum absolute atomic E-state index is 0.0455. The highest BCUT2D eigenvalue weighted by molar-refractivity contribution is 7.88. The summed E-state index contributed by atoms with van der Waals surface area (Å²) >= 11 is 0. The van der Waals surface area contributed by atoms with Gasteiger partial charge in [-0.15, -0.1) is 0 Å². The Bertz CT molecular complexity index is 613. The third kappa shape index (κ3) is 6.87. The number of primary amides is 1. The molecule has 0 aliphatic rings. The molecule has 0 aliphatic heterocycles. The lowest BCUT2D eigenvalue weighted by atomic mass is 10.1. The monoisotopic (exact) mass is 314 g/mol. The fourth-order valence-corrected chi connectivity index (χ4v) is 2.89. The molecule has 8 heteroatoms. The van der Waals surface area contributed by atoms with Crippen molar-refractivity contribution >= 4 is 21.9 Å². The maximum atomic E-state index is 11.8. The summed E-state index contributed by atoms with van der Waals surface area (Å²) in [6.45, 7) is 0.217. The number of benzene rings is 1. The van der Waals surface area contributed by atoms with E-state index in [1.807, 2.05) is 0 Å². The Labute approximate surface area is 123 Å². The Morgan fingerprint density at radius 3 is 2.57 bits per heavy atom. The summed E-state index contributed by atoms with van der Waals surface area (Å²) in [6.07, 6.45) is 1.26. The van der Waals surface area contributed by atoms with Gasteiger partial charge in [-0.05, 0) is 30.5 Å². The van der Waals surface area contributed by atoms with Gasteiger partial charge in [0.15, 0.2) is 0 Å². The second-order valence-corrected chi connectivity index (χ2v) is 6.39. The molecule has 1 aromatic rings. The summed E-state index contributed by atoms with van der Waals surface area (Å²) in [7, 11) is -3.54. The number of nitrogens with one attached hydrogen (secondary N) is 1. The Morgan fingerprint density at radius 2 is 1.95 bits per heavy atom. The number of aromatic carboxylic acids is 1. The standard InChI is InChI=1S/C13H18N2O5S/c14-12(16)6-1-2-7-15-21(19,20)9-10-4-3-5-11(8-10)13(17)18/h3-5,8,15H,1-2,6-7,9H2,(H2,14,16)(H,17,18). The number of rotatable bonds is 9. The van der Waals surface area contributed by atoms with Crippen molar-refractivity contribution in [3.63, 3.8) is 0 Å². The molecule has 0 saturated heterocycles. The zero-order chi connectivity index (χ0) is 15.9. The molecule has 1 rings (SSSR count). The molecular formula is C13H18N2O5S. The quantitative estimate of drug-likeness (QED) is 0.571. The predicted octanol–water partition coefficient (Wildman–Crippen LogP) is 0.460. The van der Waals surface area contributed by atoms with Gasteiger partial charge in [-0.2, -0.15) is 0 Å². The van der Waals surface area contributed by atoms with Gasteiger partial charge in [0, 0.05) is 13.0 Å². The second kappa shape index (κ2) is 7.75. The van der Waals surface area contributed by atoms with E-state index in [1.54, 1.807) is 6.07 Å². The van der Waals surface area contributed by atoms with E-state index in [9.17, 15) is 18.0 Å². The first-order valence-corrected chi connectivity index (χ1v) is 8.03. The van der Waals surface area contributed by atoms with Crippen LogP contribution in [0, 0.1) is 0 Å². The molecule has 0 aliphatic carbocycles. The predicted molar refractivity (Wildman–Crippen MR) is 77.1 cm³/mol. The van der Waals surface area contributed by atoms with Crippen LogP contribution in [-0.2, 0) is 20.6 Å². The first kappa shape index (κ1) is 17.1.